The van der Waals surface area contributed by atoms with Crippen molar-refractivity contribution in [3.63, 3.8) is 0 Å². The number of nitriles is 1. The van der Waals surface area contributed by atoms with Crippen LogP contribution >= 0.6 is 0 Å². The second kappa shape index (κ2) is 8.65. The van der Waals surface area contributed by atoms with Gasteiger partial charge in [-0.05, 0) is 48.7 Å². The van der Waals surface area contributed by atoms with Gasteiger partial charge in [0, 0.05) is 18.8 Å². The van der Waals surface area contributed by atoms with E-state index in [4.69, 9.17) is 5.73 Å². The monoisotopic (exact) mass is 387 g/mol. The molecule has 148 valence electrons. The third kappa shape index (κ3) is 4.32. The molecule has 0 amide bonds. The number of rotatable bonds is 5. The summed E-state index contributed by atoms with van der Waals surface area (Å²) in [5, 5.41) is 19.7. The van der Waals surface area contributed by atoms with Crippen molar-refractivity contribution in [2.75, 3.05) is 28.7 Å². The lowest BCUT2D eigenvalue weighted by Crippen LogP contribution is -2.29. The van der Waals surface area contributed by atoms with Crippen molar-refractivity contribution in [2.45, 2.75) is 32.2 Å². The molecule has 0 radical (unpaired) electrons. The predicted octanol–water partition coefficient (Wildman–Crippen LogP) is 3.58. The Kier molecular flexibility index (Phi) is 5.61. The standard InChI is InChI=1S/C22H25N7/c23-14-19-7-10-21(13-22(19)27-11-3-1-2-4-12-27)29(28-16-25-26-17-28)15-18-5-8-20(24)9-6-18/h5-10,13,16-17H,1-4,11-12,15,24H2. The molecular formula is C22H25N7. The van der Waals surface area contributed by atoms with Gasteiger partial charge >= 0.3 is 0 Å². The van der Waals surface area contributed by atoms with Crippen LogP contribution in [0.15, 0.2) is 55.1 Å². The summed E-state index contributed by atoms with van der Waals surface area (Å²) in [4.78, 5) is 2.35. The van der Waals surface area contributed by atoms with Gasteiger partial charge in [0.2, 0.25) is 0 Å². The number of hydrogen-bond acceptors (Lipinski definition) is 6. The molecule has 4 rings (SSSR count). The fourth-order valence-corrected chi connectivity index (χ4v) is 3.77. The van der Waals surface area contributed by atoms with E-state index in [-0.39, 0.29) is 0 Å². The molecule has 1 saturated heterocycles. The summed E-state index contributed by atoms with van der Waals surface area (Å²) >= 11 is 0. The molecule has 1 aliphatic heterocycles. The third-order valence-electron chi connectivity index (χ3n) is 5.34. The van der Waals surface area contributed by atoms with Gasteiger partial charge < -0.3 is 10.6 Å². The zero-order valence-electron chi connectivity index (χ0n) is 16.4. The maximum Gasteiger partial charge on any atom is 0.139 e. The number of aromatic nitrogens is 3. The molecule has 0 bridgehead atoms. The molecule has 3 aromatic rings. The van der Waals surface area contributed by atoms with Gasteiger partial charge in [-0.25, -0.2) is 4.68 Å². The van der Waals surface area contributed by atoms with Crippen molar-refractivity contribution < 1.29 is 0 Å². The first kappa shape index (κ1) is 18.8. The summed E-state index contributed by atoms with van der Waals surface area (Å²) in [5.74, 6) is 0. The molecule has 1 aliphatic rings. The summed E-state index contributed by atoms with van der Waals surface area (Å²) in [6.07, 6.45) is 8.19. The van der Waals surface area contributed by atoms with E-state index in [0.29, 0.717) is 12.1 Å². The van der Waals surface area contributed by atoms with Crippen molar-refractivity contribution in [3.8, 4) is 6.07 Å². The van der Waals surface area contributed by atoms with Crippen LogP contribution < -0.4 is 15.6 Å². The van der Waals surface area contributed by atoms with Crippen LogP contribution in [0.3, 0.4) is 0 Å². The molecule has 0 aliphatic carbocycles. The maximum atomic E-state index is 9.67. The fourth-order valence-electron chi connectivity index (χ4n) is 3.77. The summed E-state index contributed by atoms with van der Waals surface area (Å²) < 4.78 is 1.87. The van der Waals surface area contributed by atoms with E-state index in [1.807, 2.05) is 41.1 Å². The van der Waals surface area contributed by atoms with E-state index in [1.165, 1.54) is 12.8 Å². The van der Waals surface area contributed by atoms with Gasteiger partial charge in [-0.1, -0.05) is 25.0 Å². The number of hydrogen-bond donors (Lipinski definition) is 1. The largest absolute Gasteiger partial charge is 0.399 e. The summed E-state index contributed by atoms with van der Waals surface area (Å²) in [6.45, 7) is 2.61. The van der Waals surface area contributed by atoms with Crippen molar-refractivity contribution in [2.24, 2.45) is 0 Å². The normalized spacial score (nSPS) is 14.2. The molecule has 7 heteroatoms. The van der Waals surface area contributed by atoms with Crippen LogP contribution in [0.25, 0.3) is 0 Å². The van der Waals surface area contributed by atoms with Crippen molar-refractivity contribution in [3.05, 3.63) is 66.2 Å². The molecular weight excluding hydrogens is 362 g/mol. The van der Waals surface area contributed by atoms with E-state index >= 15 is 0 Å². The Labute approximate surface area is 171 Å². The predicted molar refractivity (Wildman–Crippen MR) is 114 cm³/mol. The number of nitrogen functional groups attached to an aromatic ring is 1. The quantitative estimate of drug-likeness (QED) is 0.673. The molecule has 0 atom stereocenters. The summed E-state index contributed by atoms with van der Waals surface area (Å²) in [7, 11) is 0. The van der Waals surface area contributed by atoms with Gasteiger partial charge in [0.25, 0.3) is 0 Å². The van der Waals surface area contributed by atoms with Crippen LogP contribution in [0.4, 0.5) is 17.1 Å². The second-order valence-corrected chi connectivity index (χ2v) is 7.36. The van der Waals surface area contributed by atoms with E-state index < -0.39 is 0 Å². The number of nitrogens with zero attached hydrogens (tertiary/aromatic N) is 6. The summed E-state index contributed by atoms with van der Waals surface area (Å²) in [5.41, 5.74) is 10.4. The highest BCUT2D eigenvalue weighted by Crippen LogP contribution is 2.30. The van der Waals surface area contributed by atoms with Crippen LogP contribution in [-0.4, -0.2) is 28.0 Å². The lowest BCUT2D eigenvalue weighted by molar-refractivity contribution is 0.685. The third-order valence-corrected chi connectivity index (χ3v) is 5.34. The Morgan fingerprint density at radius 2 is 1.66 bits per heavy atom. The first-order valence-corrected chi connectivity index (χ1v) is 10.0. The van der Waals surface area contributed by atoms with Crippen molar-refractivity contribution in [1.82, 2.24) is 14.9 Å². The molecule has 1 fully saturated rings. The zero-order chi connectivity index (χ0) is 20.1. The van der Waals surface area contributed by atoms with Gasteiger partial charge in [-0.2, -0.15) is 5.26 Å². The summed E-state index contributed by atoms with van der Waals surface area (Å²) in [6, 6.07) is 16.2. The molecule has 0 spiro atoms. The highest BCUT2D eigenvalue weighted by atomic mass is 15.6. The second-order valence-electron chi connectivity index (χ2n) is 7.36. The molecule has 1 aromatic heterocycles. The highest BCUT2D eigenvalue weighted by molar-refractivity contribution is 5.67. The van der Waals surface area contributed by atoms with E-state index in [2.05, 4.69) is 32.2 Å². The molecule has 2 aromatic carbocycles. The first-order valence-electron chi connectivity index (χ1n) is 10.0. The van der Waals surface area contributed by atoms with Gasteiger partial charge in [0.15, 0.2) is 0 Å². The average molecular weight is 387 g/mol. The zero-order valence-corrected chi connectivity index (χ0v) is 16.4. The lowest BCUT2D eigenvalue weighted by Gasteiger charge is -2.29. The van der Waals surface area contributed by atoms with Gasteiger partial charge in [-0.3, -0.25) is 5.01 Å². The van der Waals surface area contributed by atoms with Gasteiger partial charge in [0.1, 0.15) is 18.7 Å². The van der Waals surface area contributed by atoms with Crippen LogP contribution in [-0.2, 0) is 6.54 Å². The highest BCUT2D eigenvalue weighted by Gasteiger charge is 2.17. The van der Waals surface area contributed by atoms with E-state index in [0.717, 1.165) is 48.6 Å². The number of benzene rings is 2. The number of anilines is 3. The van der Waals surface area contributed by atoms with Crippen LogP contribution in [0, 0.1) is 11.3 Å². The first-order chi connectivity index (χ1) is 14.2. The minimum absolute atomic E-state index is 0.629. The average Bonchev–Trinajstić information content (AvgIpc) is 3.15. The van der Waals surface area contributed by atoms with Crippen LogP contribution in [0.2, 0.25) is 0 Å². The Hall–Kier alpha value is -3.53. The molecule has 0 unspecified atom stereocenters. The topological polar surface area (TPSA) is 87.0 Å². The minimum atomic E-state index is 0.629. The molecule has 7 nitrogen and oxygen atoms in total. The maximum absolute atomic E-state index is 9.67. The Balaban J connectivity index is 1.71. The smallest absolute Gasteiger partial charge is 0.139 e. The Bertz CT molecular complexity index is 965. The van der Waals surface area contributed by atoms with Crippen LogP contribution in [0.1, 0.15) is 36.8 Å². The minimum Gasteiger partial charge on any atom is -0.399 e. The van der Waals surface area contributed by atoms with E-state index in [9.17, 15) is 5.26 Å². The van der Waals surface area contributed by atoms with Crippen LogP contribution in [0.5, 0.6) is 0 Å². The van der Waals surface area contributed by atoms with Gasteiger partial charge in [-0.15, -0.1) is 10.2 Å². The Morgan fingerprint density at radius 1 is 0.966 bits per heavy atom. The van der Waals surface area contributed by atoms with Crippen molar-refractivity contribution in [1.29, 1.82) is 5.26 Å². The lowest BCUT2D eigenvalue weighted by atomic mass is 10.1. The SMILES string of the molecule is N#Cc1ccc(N(Cc2ccc(N)cc2)n2cnnc2)cc1N1CCCCCC1. The molecule has 29 heavy (non-hydrogen) atoms. The van der Waals surface area contributed by atoms with Crippen molar-refractivity contribution >= 4 is 17.1 Å². The molecule has 2 heterocycles. The Morgan fingerprint density at radius 3 is 2.31 bits per heavy atom. The fraction of sp³-hybridized carbons (Fsp3) is 0.318. The molecule has 0 saturated carbocycles. The number of nitrogens with two attached hydrogens (primary N) is 1. The van der Waals surface area contributed by atoms with Gasteiger partial charge in [0.05, 0.1) is 23.5 Å². The molecule has 2 N–H and O–H groups in total. The van der Waals surface area contributed by atoms with E-state index in [1.54, 1.807) is 12.7 Å².